The first-order valence-corrected chi connectivity index (χ1v) is 8.23. The number of carbonyl (C=O) groups excluding carboxylic acids is 1. The van der Waals surface area contributed by atoms with Gasteiger partial charge in [-0.2, -0.15) is 15.0 Å². The van der Waals surface area contributed by atoms with E-state index >= 15 is 0 Å². The van der Waals surface area contributed by atoms with Crippen molar-refractivity contribution in [2.24, 2.45) is 0 Å². The number of nitrogens with one attached hydrogen (secondary N) is 2. The van der Waals surface area contributed by atoms with Gasteiger partial charge in [0.1, 0.15) is 0 Å². The zero-order chi connectivity index (χ0) is 17.5. The van der Waals surface area contributed by atoms with Crippen LogP contribution in [0.1, 0.15) is 19.3 Å². The van der Waals surface area contributed by atoms with E-state index in [4.69, 9.17) is 4.74 Å². The standard InChI is InChI=1S/C16H21N7O2/c1-25-16-21-14(18-8-4-10-23-9-3-6-13(23)24)20-15(22-16)19-12-5-2-7-17-11-12/h2,5,7,11H,3-4,6,8-10H2,1H3,(H2,18,19,20,21,22). The van der Waals surface area contributed by atoms with Gasteiger partial charge >= 0.3 is 6.01 Å². The topological polar surface area (TPSA) is 105 Å². The van der Waals surface area contributed by atoms with Gasteiger partial charge in [0.25, 0.3) is 0 Å². The first-order chi connectivity index (χ1) is 12.2. The van der Waals surface area contributed by atoms with Crippen LogP contribution in [-0.4, -0.2) is 57.5 Å². The quantitative estimate of drug-likeness (QED) is 0.694. The maximum absolute atomic E-state index is 11.6. The van der Waals surface area contributed by atoms with Gasteiger partial charge < -0.3 is 20.3 Å². The van der Waals surface area contributed by atoms with Gasteiger partial charge in [-0.05, 0) is 25.0 Å². The molecule has 1 fully saturated rings. The van der Waals surface area contributed by atoms with Crippen molar-refractivity contribution in [3.05, 3.63) is 24.5 Å². The normalized spacial score (nSPS) is 13.8. The number of hydrogen-bond donors (Lipinski definition) is 2. The second kappa shape index (κ2) is 8.22. The number of amides is 1. The first kappa shape index (κ1) is 16.9. The van der Waals surface area contributed by atoms with Crippen molar-refractivity contribution in [1.29, 1.82) is 0 Å². The smallest absolute Gasteiger partial charge is 0.322 e. The van der Waals surface area contributed by atoms with Gasteiger partial charge in [0.2, 0.25) is 17.8 Å². The fourth-order valence-corrected chi connectivity index (χ4v) is 2.56. The lowest BCUT2D eigenvalue weighted by molar-refractivity contribution is -0.127. The van der Waals surface area contributed by atoms with Crippen molar-refractivity contribution in [3.8, 4) is 6.01 Å². The van der Waals surface area contributed by atoms with E-state index in [2.05, 4.69) is 30.6 Å². The lowest BCUT2D eigenvalue weighted by Gasteiger charge is -2.15. The number of methoxy groups -OCH3 is 1. The van der Waals surface area contributed by atoms with Crippen molar-refractivity contribution in [2.75, 3.05) is 37.4 Å². The predicted octanol–water partition coefficient (Wildman–Crippen LogP) is 1.44. The second-order valence-electron chi connectivity index (χ2n) is 5.60. The third kappa shape index (κ3) is 4.75. The Morgan fingerprint density at radius 3 is 2.88 bits per heavy atom. The molecule has 0 atom stereocenters. The van der Waals surface area contributed by atoms with Crippen LogP contribution in [0.15, 0.2) is 24.5 Å². The summed E-state index contributed by atoms with van der Waals surface area (Å²) in [5.74, 6) is 1.04. The molecule has 0 bridgehead atoms. The Kier molecular flexibility index (Phi) is 5.55. The van der Waals surface area contributed by atoms with E-state index in [9.17, 15) is 4.79 Å². The van der Waals surface area contributed by atoms with E-state index in [0.717, 1.165) is 31.6 Å². The highest BCUT2D eigenvalue weighted by Crippen LogP contribution is 2.15. The molecule has 9 heteroatoms. The van der Waals surface area contributed by atoms with Gasteiger partial charge in [0.05, 0.1) is 19.0 Å². The van der Waals surface area contributed by atoms with Crippen LogP contribution in [0.4, 0.5) is 17.6 Å². The molecule has 2 aromatic rings. The molecule has 1 saturated heterocycles. The maximum Gasteiger partial charge on any atom is 0.322 e. The van der Waals surface area contributed by atoms with E-state index in [1.54, 1.807) is 12.4 Å². The number of ether oxygens (including phenoxy) is 1. The zero-order valence-corrected chi connectivity index (χ0v) is 14.1. The lowest BCUT2D eigenvalue weighted by Crippen LogP contribution is -2.27. The van der Waals surface area contributed by atoms with Crippen molar-refractivity contribution in [3.63, 3.8) is 0 Å². The maximum atomic E-state index is 11.6. The molecule has 2 aromatic heterocycles. The van der Waals surface area contributed by atoms with E-state index in [-0.39, 0.29) is 11.9 Å². The highest BCUT2D eigenvalue weighted by atomic mass is 16.5. The largest absolute Gasteiger partial charge is 0.467 e. The Labute approximate surface area is 145 Å². The van der Waals surface area contributed by atoms with Crippen LogP contribution >= 0.6 is 0 Å². The van der Waals surface area contributed by atoms with E-state index in [1.807, 2.05) is 17.0 Å². The van der Waals surface area contributed by atoms with E-state index in [0.29, 0.717) is 24.9 Å². The Hall–Kier alpha value is -2.97. The fraction of sp³-hybridized carbons (Fsp3) is 0.438. The summed E-state index contributed by atoms with van der Waals surface area (Å²) in [4.78, 5) is 30.2. The Balaban J connectivity index is 1.56. The Morgan fingerprint density at radius 2 is 2.16 bits per heavy atom. The van der Waals surface area contributed by atoms with Gasteiger partial charge in [0.15, 0.2) is 0 Å². The summed E-state index contributed by atoms with van der Waals surface area (Å²) in [5, 5.41) is 6.21. The number of anilines is 3. The van der Waals surface area contributed by atoms with Crippen molar-refractivity contribution in [2.45, 2.75) is 19.3 Å². The number of likely N-dealkylation sites (tertiary alicyclic amines) is 1. The van der Waals surface area contributed by atoms with Crippen molar-refractivity contribution < 1.29 is 9.53 Å². The number of hydrogen-bond acceptors (Lipinski definition) is 8. The molecule has 0 aliphatic carbocycles. The third-order valence-corrected chi connectivity index (χ3v) is 3.77. The number of carbonyl (C=O) groups is 1. The lowest BCUT2D eigenvalue weighted by atomic mass is 10.4. The minimum atomic E-state index is 0.221. The SMILES string of the molecule is COc1nc(NCCCN2CCCC2=O)nc(Nc2cccnc2)n1. The molecule has 0 spiro atoms. The summed E-state index contributed by atoms with van der Waals surface area (Å²) >= 11 is 0. The molecule has 9 nitrogen and oxygen atoms in total. The van der Waals surface area contributed by atoms with Crippen LogP contribution in [0.5, 0.6) is 6.01 Å². The van der Waals surface area contributed by atoms with Gasteiger partial charge in [-0.3, -0.25) is 9.78 Å². The molecule has 0 aromatic carbocycles. The van der Waals surface area contributed by atoms with Crippen LogP contribution < -0.4 is 15.4 Å². The molecule has 1 amide bonds. The minimum Gasteiger partial charge on any atom is -0.467 e. The molecule has 2 N–H and O–H groups in total. The average molecular weight is 343 g/mol. The van der Waals surface area contributed by atoms with Crippen LogP contribution in [0, 0.1) is 0 Å². The Morgan fingerprint density at radius 1 is 1.28 bits per heavy atom. The van der Waals surface area contributed by atoms with Gasteiger partial charge in [-0.25, -0.2) is 0 Å². The van der Waals surface area contributed by atoms with Gasteiger partial charge in [-0.1, -0.05) is 0 Å². The molecule has 1 aliphatic rings. The summed E-state index contributed by atoms with van der Waals surface area (Å²) in [6.07, 6.45) is 5.82. The van der Waals surface area contributed by atoms with Gasteiger partial charge in [0, 0.05) is 32.3 Å². The van der Waals surface area contributed by atoms with Crippen molar-refractivity contribution >= 4 is 23.5 Å². The van der Waals surface area contributed by atoms with E-state index in [1.165, 1.54) is 7.11 Å². The molecule has 3 rings (SSSR count). The number of aromatic nitrogens is 4. The molecule has 0 saturated carbocycles. The van der Waals surface area contributed by atoms with Crippen LogP contribution in [-0.2, 0) is 4.79 Å². The molecular weight excluding hydrogens is 322 g/mol. The molecule has 1 aliphatic heterocycles. The molecule has 0 radical (unpaired) electrons. The van der Waals surface area contributed by atoms with Crippen LogP contribution in [0.2, 0.25) is 0 Å². The summed E-state index contributed by atoms with van der Waals surface area (Å²) in [6.45, 7) is 2.26. The number of nitrogens with zero attached hydrogens (tertiary/aromatic N) is 5. The van der Waals surface area contributed by atoms with Gasteiger partial charge in [-0.15, -0.1) is 0 Å². The Bertz CT molecular complexity index is 711. The number of rotatable bonds is 8. The molecule has 132 valence electrons. The van der Waals surface area contributed by atoms with Crippen LogP contribution in [0.25, 0.3) is 0 Å². The summed E-state index contributed by atoms with van der Waals surface area (Å²) in [7, 11) is 1.51. The molecule has 3 heterocycles. The third-order valence-electron chi connectivity index (χ3n) is 3.77. The number of pyridine rings is 1. The highest BCUT2D eigenvalue weighted by molar-refractivity contribution is 5.78. The van der Waals surface area contributed by atoms with E-state index < -0.39 is 0 Å². The molecule has 25 heavy (non-hydrogen) atoms. The fourth-order valence-electron chi connectivity index (χ4n) is 2.56. The molecule has 0 unspecified atom stereocenters. The van der Waals surface area contributed by atoms with Crippen LogP contribution in [0.3, 0.4) is 0 Å². The minimum absolute atomic E-state index is 0.221. The summed E-state index contributed by atoms with van der Waals surface area (Å²) < 4.78 is 5.12. The molecular formula is C16H21N7O2. The zero-order valence-electron chi connectivity index (χ0n) is 14.1. The monoisotopic (exact) mass is 343 g/mol. The second-order valence-corrected chi connectivity index (χ2v) is 5.60. The average Bonchev–Trinajstić information content (AvgIpc) is 3.04. The first-order valence-electron chi connectivity index (χ1n) is 8.23. The summed E-state index contributed by atoms with van der Waals surface area (Å²) in [6, 6.07) is 3.90. The summed E-state index contributed by atoms with van der Waals surface area (Å²) in [5.41, 5.74) is 0.772. The highest BCUT2D eigenvalue weighted by Gasteiger charge is 2.19. The predicted molar refractivity (Wildman–Crippen MR) is 92.8 cm³/mol. The van der Waals surface area contributed by atoms with Crippen molar-refractivity contribution in [1.82, 2.24) is 24.8 Å².